The van der Waals surface area contributed by atoms with E-state index in [2.05, 4.69) is 15.4 Å². The molecule has 10 heteroatoms. The first-order chi connectivity index (χ1) is 15.7. The maximum absolute atomic E-state index is 14.1. The van der Waals surface area contributed by atoms with E-state index in [0.29, 0.717) is 22.7 Å². The molecule has 0 bridgehead atoms. The lowest BCUT2D eigenvalue weighted by atomic mass is 9.83. The summed E-state index contributed by atoms with van der Waals surface area (Å²) in [6, 6.07) is 6.98. The maximum Gasteiger partial charge on any atom is 0.248 e. The molecular formula is C23H30F2N6OS. The summed E-state index contributed by atoms with van der Waals surface area (Å²) in [5.41, 5.74) is 8.31. The van der Waals surface area contributed by atoms with Gasteiger partial charge in [-0.25, -0.2) is 24.7 Å². The van der Waals surface area contributed by atoms with Gasteiger partial charge in [-0.1, -0.05) is 30.7 Å². The Morgan fingerprint density at radius 1 is 1.27 bits per heavy atom. The second-order valence-corrected chi connectivity index (χ2v) is 10.0. The Bertz CT molecular complexity index is 997. The number of alkyl halides is 2. The van der Waals surface area contributed by atoms with E-state index in [1.54, 1.807) is 31.3 Å². The minimum atomic E-state index is -2.75. The maximum atomic E-state index is 14.1. The number of hydrazone groups is 1. The van der Waals surface area contributed by atoms with Crippen molar-refractivity contribution in [1.29, 1.82) is 0 Å². The fourth-order valence-corrected chi connectivity index (χ4v) is 5.81. The average molecular weight is 477 g/mol. The molecule has 0 aliphatic heterocycles. The van der Waals surface area contributed by atoms with Crippen molar-refractivity contribution in [2.24, 2.45) is 22.6 Å². The van der Waals surface area contributed by atoms with E-state index in [0.717, 1.165) is 36.5 Å². The zero-order valence-corrected chi connectivity index (χ0v) is 19.5. The number of rotatable bonds is 6. The van der Waals surface area contributed by atoms with E-state index >= 15 is 0 Å². The Morgan fingerprint density at radius 3 is 2.67 bits per heavy atom. The Morgan fingerprint density at radius 2 is 2.00 bits per heavy atom. The van der Waals surface area contributed by atoms with E-state index < -0.39 is 17.8 Å². The highest BCUT2D eigenvalue weighted by molar-refractivity contribution is 7.15. The molecule has 4 rings (SSSR count). The van der Waals surface area contributed by atoms with Crippen LogP contribution in [-0.2, 0) is 17.6 Å². The molecule has 2 aliphatic carbocycles. The number of halogens is 2. The number of amides is 1. The third-order valence-electron chi connectivity index (χ3n) is 6.35. The summed E-state index contributed by atoms with van der Waals surface area (Å²) in [4.78, 5) is 19.3. The van der Waals surface area contributed by atoms with Crippen LogP contribution in [0.15, 0.2) is 29.4 Å². The molecule has 2 atom stereocenters. The lowest BCUT2D eigenvalue weighted by molar-refractivity contribution is -0.118. The lowest BCUT2D eigenvalue weighted by Crippen LogP contribution is -2.28. The van der Waals surface area contributed by atoms with Crippen LogP contribution in [0, 0.1) is 5.92 Å². The molecule has 33 heavy (non-hydrogen) atoms. The van der Waals surface area contributed by atoms with Crippen molar-refractivity contribution >= 4 is 28.2 Å². The zero-order valence-electron chi connectivity index (χ0n) is 18.7. The molecule has 0 spiro atoms. The number of fused-ring (bicyclic) bond motifs is 1. The van der Waals surface area contributed by atoms with Crippen molar-refractivity contribution in [3.05, 3.63) is 46.0 Å². The number of hydrazine groups is 1. The number of carbonyl (C=O) groups is 1. The third kappa shape index (κ3) is 5.67. The lowest BCUT2D eigenvalue weighted by Gasteiger charge is -2.23. The Hall–Kier alpha value is -2.59. The van der Waals surface area contributed by atoms with Crippen molar-refractivity contribution in [1.82, 2.24) is 10.1 Å². The number of nitrogens with two attached hydrogens (primary N) is 2. The number of hydrogen-bond donors (Lipinski definition) is 3. The molecule has 2 aromatic rings. The van der Waals surface area contributed by atoms with Crippen molar-refractivity contribution in [2.75, 3.05) is 12.4 Å². The number of amidine groups is 1. The fourth-order valence-electron chi connectivity index (χ4n) is 4.76. The number of thiazole rings is 1. The molecule has 1 fully saturated rings. The van der Waals surface area contributed by atoms with Crippen LogP contribution in [0.1, 0.15) is 66.1 Å². The van der Waals surface area contributed by atoms with E-state index in [4.69, 9.17) is 11.6 Å². The van der Waals surface area contributed by atoms with Gasteiger partial charge in [-0.2, -0.15) is 0 Å². The van der Waals surface area contributed by atoms with E-state index in [-0.39, 0.29) is 24.6 Å². The van der Waals surface area contributed by atoms with Gasteiger partial charge in [-0.05, 0) is 43.6 Å². The standard InChI is InChI=1S/C23H30F2N6OS/c1-31(27)30-20(26)15-9-7-14(8-10-15)19(16-11-12-23(24,25)13-16)21(32)29-22-28-17-5-3-2-4-6-18(17)33-22/h7-10,16,19H,2-6,11-13,27H2,1H3,(H2,26,30)(H,28,29,32). The summed E-state index contributed by atoms with van der Waals surface area (Å²) in [6.07, 6.45) is 5.10. The molecule has 2 aliphatic rings. The van der Waals surface area contributed by atoms with E-state index in [1.165, 1.54) is 22.6 Å². The van der Waals surface area contributed by atoms with E-state index in [9.17, 15) is 13.6 Å². The fraction of sp³-hybridized carbons (Fsp3) is 0.522. The summed E-state index contributed by atoms with van der Waals surface area (Å²) >= 11 is 1.50. The van der Waals surface area contributed by atoms with Gasteiger partial charge in [0, 0.05) is 30.3 Å². The number of aromatic nitrogens is 1. The van der Waals surface area contributed by atoms with Crippen LogP contribution in [0.5, 0.6) is 0 Å². The highest BCUT2D eigenvalue weighted by atomic mass is 32.1. The largest absolute Gasteiger partial charge is 0.382 e. The summed E-state index contributed by atoms with van der Waals surface area (Å²) in [6.45, 7) is 0. The molecule has 7 nitrogen and oxygen atoms in total. The first kappa shape index (κ1) is 23.6. The van der Waals surface area contributed by atoms with Gasteiger partial charge in [0.15, 0.2) is 11.0 Å². The molecule has 0 saturated heterocycles. The van der Waals surface area contributed by atoms with Gasteiger partial charge in [0.05, 0.1) is 11.6 Å². The number of carbonyl (C=O) groups excluding carboxylic acids is 1. The summed E-state index contributed by atoms with van der Waals surface area (Å²) in [5.74, 6) is 1.54. The van der Waals surface area contributed by atoms with Gasteiger partial charge in [-0.3, -0.25) is 4.79 Å². The van der Waals surface area contributed by atoms with Crippen LogP contribution >= 0.6 is 11.3 Å². The molecule has 5 N–H and O–H groups in total. The van der Waals surface area contributed by atoms with Crippen molar-refractivity contribution < 1.29 is 13.6 Å². The van der Waals surface area contributed by atoms with Crippen molar-refractivity contribution in [3.8, 4) is 0 Å². The highest BCUT2D eigenvalue weighted by Crippen LogP contribution is 2.46. The predicted molar refractivity (Wildman–Crippen MR) is 126 cm³/mol. The SMILES string of the molecule is CN(N)/N=C(\N)c1ccc(C(C(=O)Nc2nc3c(s2)CCCCC3)C2CCC(F)(F)C2)cc1. The monoisotopic (exact) mass is 476 g/mol. The summed E-state index contributed by atoms with van der Waals surface area (Å²) in [5, 5.41) is 8.57. The van der Waals surface area contributed by atoms with Gasteiger partial charge >= 0.3 is 0 Å². The zero-order chi connectivity index (χ0) is 23.6. The quantitative estimate of drug-likeness (QED) is 0.192. The normalized spacial score (nSPS) is 21.2. The molecule has 1 saturated carbocycles. The average Bonchev–Trinajstić information content (AvgIpc) is 3.22. The number of anilines is 1. The summed E-state index contributed by atoms with van der Waals surface area (Å²) in [7, 11) is 1.56. The van der Waals surface area contributed by atoms with Crippen LogP contribution < -0.4 is 16.9 Å². The predicted octanol–water partition coefficient (Wildman–Crippen LogP) is 4.00. The third-order valence-corrected chi connectivity index (χ3v) is 7.43. The van der Waals surface area contributed by atoms with Crippen LogP contribution in [0.4, 0.5) is 13.9 Å². The Labute approximate surface area is 196 Å². The minimum absolute atomic E-state index is 0.201. The van der Waals surface area contributed by atoms with Crippen molar-refractivity contribution in [3.63, 3.8) is 0 Å². The molecule has 2 unspecified atom stereocenters. The number of nitrogens with one attached hydrogen (secondary N) is 1. The molecule has 178 valence electrons. The van der Waals surface area contributed by atoms with Gasteiger partial charge < -0.3 is 11.1 Å². The number of benzene rings is 1. The first-order valence-electron chi connectivity index (χ1n) is 11.3. The molecule has 1 aromatic heterocycles. The van der Waals surface area contributed by atoms with Crippen LogP contribution in [0.2, 0.25) is 0 Å². The molecule has 1 heterocycles. The first-order valence-corrected chi connectivity index (χ1v) is 12.1. The Kier molecular flexibility index (Phi) is 6.94. The molecule has 1 aromatic carbocycles. The summed E-state index contributed by atoms with van der Waals surface area (Å²) < 4.78 is 28.1. The van der Waals surface area contributed by atoms with Gasteiger partial charge in [0.2, 0.25) is 11.8 Å². The number of aryl methyl sites for hydroxylation is 2. The number of nitrogens with zero attached hydrogens (tertiary/aromatic N) is 3. The smallest absolute Gasteiger partial charge is 0.248 e. The second-order valence-electron chi connectivity index (χ2n) is 8.96. The number of hydrogen-bond acceptors (Lipinski definition) is 6. The Balaban J connectivity index is 1.58. The van der Waals surface area contributed by atoms with E-state index in [1.807, 2.05) is 0 Å². The van der Waals surface area contributed by atoms with Gasteiger partial charge in [0.1, 0.15) is 0 Å². The highest BCUT2D eigenvalue weighted by Gasteiger charge is 2.45. The van der Waals surface area contributed by atoms with Gasteiger partial charge in [0.25, 0.3) is 0 Å². The van der Waals surface area contributed by atoms with Crippen LogP contribution in [0.25, 0.3) is 0 Å². The molecule has 1 amide bonds. The molecule has 0 radical (unpaired) electrons. The minimum Gasteiger partial charge on any atom is -0.382 e. The van der Waals surface area contributed by atoms with Crippen LogP contribution in [0.3, 0.4) is 0 Å². The topological polar surface area (TPSA) is 110 Å². The second kappa shape index (κ2) is 9.72. The van der Waals surface area contributed by atoms with Crippen molar-refractivity contribution in [2.45, 2.75) is 63.2 Å². The molecular weight excluding hydrogens is 446 g/mol. The van der Waals surface area contributed by atoms with Gasteiger partial charge in [-0.15, -0.1) is 16.4 Å². The van der Waals surface area contributed by atoms with Crippen LogP contribution in [-0.4, -0.2) is 34.8 Å².